The highest BCUT2D eigenvalue weighted by molar-refractivity contribution is 6.09. The van der Waals surface area contributed by atoms with Crippen LogP contribution in [0.1, 0.15) is 48.5 Å². The topological polar surface area (TPSA) is 71.8 Å². The minimum atomic E-state index is -0.0868. The Bertz CT molecular complexity index is 1290. The van der Waals surface area contributed by atoms with Crippen molar-refractivity contribution in [3.63, 3.8) is 0 Å². The highest BCUT2D eigenvalue weighted by atomic mass is 16.1. The second kappa shape index (κ2) is 9.06. The lowest BCUT2D eigenvalue weighted by atomic mass is 9.99. The van der Waals surface area contributed by atoms with Crippen LogP contribution in [0.5, 0.6) is 0 Å². The van der Waals surface area contributed by atoms with Crippen LogP contribution in [0, 0.1) is 6.92 Å². The predicted molar refractivity (Wildman–Crippen MR) is 133 cm³/mol. The zero-order valence-corrected chi connectivity index (χ0v) is 19.1. The molecule has 1 amide bonds. The molecule has 0 saturated heterocycles. The summed E-state index contributed by atoms with van der Waals surface area (Å²) in [5, 5.41) is 12.3. The Kier molecular flexibility index (Phi) is 5.82. The largest absolute Gasteiger partial charge is 0.354 e. The van der Waals surface area contributed by atoms with E-state index in [0.29, 0.717) is 5.56 Å². The molecular weight excluding hydrogens is 410 g/mol. The number of rotatable bonds is 8. The van der Waals surface area contributed by atoms with E-state index in [2.05, 4.69) is 47.7 Å². The fraction of sp³-hybridized carbons (Fsp3) is 0.296. The van der Waals surface area contributed by atoms with Crippen LogP contribution in [0.2, 0.25) is 0 Å². The second-order valence-corrected chi connectivity index (χ2v) is 8.79. The van der Waals surface area contributed by atoms with Gasteiger partial charge in [-0.1, -0.05) is 31.5 Å². The highest BCUT2D eigenvalue weighted by Gasteiger charge is 2.26. The van der Waals surface area contributed by atoms with Crippen molar-refractivity contribution in [2.75, 3.05) is 5.32 Å². The Labute approximate surface area is 194 Å². The van der Waals surface area contributed by atoms with E-state index in [1.807, 2.05) is 41.2 Å². The Balaban J connectivity index is 1.62. The van der Waals surface area contributed by atoms with Gasteiger partial charge in [0.15, 0.2) is 0 Å². The molecule has 2 heterocycles. The average molecular weight is 440 g/mol. The third-order valence-electron chi connectivity index (χ3n) is 6.07. The lowest BCUT2D eigenvalue weighted by molar-refractivity contribution is 0.0951. The zero-order valence-electron chi connectivity index (χ0n) is 19.1. The SMILES string of the molecule is CCCCn1ccc(-c2cc3c(Nc4ccccc4)c(C(=O)NC4CC4)cnc3cc2C)n1. The van der Waals surface area contributed by atoms with Crippen LogP contribution in [-0.4, -0.2) is 26.7 Å². The first-order chi connectivity index (χ1) is 16.1. The maximum atomic E-state index is 13.1. The molecule has 0 spiro atoms. The molecule has 1 aliphatic rings. The van der Waals surface area contributed by atoms with Gasteiger partial charge in [0.1, 0.15) is 0 Å². The van der Waals surface area contributed by atoms with E-state index in [4.69, 9.17) is 5.10 Å². The van der Waals surface area contributed by atoms with Crippen molar-refractivity contribution in [1.82, 2.24) is 20.1 Å². The van der Waals surface area contributed by atoms with Crippen molar-refractivity contribution in [3.05, 3.63) is 72.1 Å². The van der Waals surface area contributed by atoms with Gasteiger partial charge >= 0.3 is 0 Å². The maximum absolute atomic E-state index is 13.1. The van der Waals surface area contributed by atoms with Crippen molar-refractivity contribution >= 4 is 28.2 Å². The molecule has 5 rings (SSSR count). The first kappa shape index (κ1) is 21.2. The minimum absolute atomic E-state index is 0.0868. The summed E-state index contributed by atoms with van der Waals surface area (Å²) in [7, 11) is 0. The first-order valence-electron chi connectivity index (χ1n) is 11.7. The van der Waals surface area contributed by atoms with E-state index in [9.17, 15) is 4.79 Å². The molecule has 0 unspecified atom stereocenters. The summed E-state index contributed by atoms with van der Waals surface area (Å²) in [6.45, 7) is 5.18. The molecule has 33 heavy (non-hydrogen) atoms. The molecule has 0 atom stereocenters. The number of nitrogens with one attached hydrogen (secondary N) is 2. The van der Waals surface area contributed by atoms with E-state index in [0.717, 1.165) is 71.3 Å². The van der Waals surface area contributed by atoms with Gasteiger partial charge < -0.3 is 10.6 Å². The van der Waals surface area contributed by atoms with Crippen LogP contribution in [0.4, 0.5) is 11.4 Å². The van der Waals surface area contributed by atoms with Gasteiger partial charge in [-0.2, -0.15) is 5.10 Å². The van der Waals surface area contributed by atoms with Gasteiger partial charge in [-0.25, -0.2) is 0 Å². The Hall–Kier alpha value is -3.67. The number of carbonyl (C=O) groups is 1. The number of benzene rings is 2. The Morgan fingerprint density at radius 3 is 2.73 bits per heavy atom. The number of amides is 1. The third-order valence-corrected chi connectivity index (χ3v) is 6.07. The van der Waals surface area contributed by atoms with Crippen LogP contribution < -0.4 is 10.6 Å². The molecule has 2 aromatic carbocycles. The number of aromatic nitrogens is 3. The molecule has 6 heteroatoms. The number of pyridine rings is 1. The number of aryl methyl sites for hydroxylation is 2. The minimum Gasteiger partial charge on any atom is -0.354 e. The number of hydrogen-bond donors (Lipinski definition) is 2. The fourth-order valence-corrected chi connectivity index (χ4v) is 4.03. The lowest BCUT2D eigenvalue weighted by Crippen LogP contribution is -2.26. The van der Waals surface area contributed by atoms with Gasteiger partial charge in [-0.05, 0) is 62.1 Å². The quantitative estimate of drug-likeness (QED) is 0.362. The molecule has 6 nitrogen and oxygen atoms in total. The van der Waals surface area contributed by atoms with Crippen LogP contribution in [0.15, 0.2) is 60.9 Å². The molecule has 168 valence electrons. The molecule has 2 N–H and O–H groups in total. The van der Waals surface area contributed by atoms with Gasteiger partial charge in [-0.15, -0.1) is 0 Å². The normalized spacial score (nSPS) is 13.3. The van der Waals surface area contributed by atoms with E-state index >= 15 is 0 Å². The Morgan fingerprint density at radius 1 is 1.15 bits per heavy atom. The summed E-state index contributed by atoms with van der Waals surface area (Å²) < 4.78 is 2.00. The van der Waals surface area contributed by atoms with Crippen LogP contribution >= 0.6 is 0 Å². The molecule has 4 aromatic rings. The second-order valence-electron chi connectivity index (χ2n) is 8.79. The molecule has 2 aromatic heterocycles. The number of unbranched alkanes of at least 4 members (excludes halogenated alkanes) is 1. The van der Waals surface area contributed by atoms with E-state index in [1.54, 1.807) is 6.20 Å². The molecule has 1 saturated carbocycles. The molecular formula is C27H29N5O. The average Bonchev–Trinajstić information content (AvgIpc) is 3.51. The zero-order chi connectivity index (χ0) is 22.8. The van der Waals surface area contributed by atoms with Crippen molar-refractivity contribution in [1.29, 1.82) is 0 Å². The molecule has 1 aliphatic carbocycles. The standard InChI is InChI=1S/C27H29N5O/c1-3-4-13-32-14-12-24(31-32)21-16-22-25(15-18(21)2)28-17-23(27(33)30-20-10-11-20)26(22)29-19-8-6-5-7-9-19/h5-9,12,14-17,20H,3-4,10-11,13H2,1-2H3,(H,28,29)(H,30,33). The van der Waals surface area contributed by atoms with Crippen LogP contribution in [-0.2, 0) is 6.54 Å². The molecule has 0 radical (unpaired) electrons. The first-order valence-corrected chi connectivity index (χ1v) is 11.7. The summed E-state index contributed by atoms with van der Waals surface area (Å²) in [6, 6.07) is 16.5. The van der Waals surface area contributed by atoms with Crippen LogP contribution in [0.25, 0.3) is 22.2 Å². The highest BCUT2D eigenvalue weighted by Crippen LogP contribution is 2.34. The number of para-hydroxylation sites is 1. The molecule has 0 bridgehead atoms. The number of fused-ring (bicyclic) bond motifs is 1. The van der Waals surface area contributed by atoms with E-state index < -0.39 is 0 Å². The van der Waals surface area contributed by atoms with Gasteiger partial charge in [0.2, 0.25) is 0 Å². The smallest absolute Gasteiger partial charge is 0.255 e. The summed E-state index contributed by atoms with van der Waals surface area (Å²) in [6.07, 6.45) is 8.04. The van der Waals surface area contributed by atoms with Crippen molar-refractivity contribution in [2.24, 2.45) is 0 Å². The number of hydrogen-bond acceptors (Lipinski definition) is 4. The lowest BCUT2D eigenvalue weighted by Gasteiger charge is -2.16. The van der Waals surface area contributed by atoms with Crippen molar-refractivity contribution in [2.45, 2.75) is 52.1 Å². The molecule has 0 aliphatic heterocycles. The number of nitrogens with zero attached hydrogens (tertiary/aromatic N) is 3. The monoisotopic (exact) mass is 439 g/mol. The fourth-order valence-electron chi connectivity index (χ4n) is 4.03. The number of carbonyl (C=O) groups excluding carboxylic acids is 1. The molecule has 1 fully saturated rings. The Morgan fingerprint density at radius 2 is 1.97 bits per heavy atom. The van der Waals surface area contributed by atoms with Crippen molar-refractivity contribution in [3.8, 4) is 11.3 Å². The summed E-state index contributed by atoms with van der Waals surface area (Å²) >= 11 is 0. The predicted octanol–water partition coefficient (Wildman–Crippen LogP) is 5.84. The van der Waals surface area contributed by atoms with Crippen molar-refractivity contribution < 1.29 is 4.79 Å². The van der Waals surface area contributed by atoms with Gasteiger partial charge in [0, 0.05) is 41.6 Å². The summed E-state index contributed by atoms with van der Waals surface area (Å²) in [4.78, 5) is 17.7. The number of anilines is 2. The van der Waals surface area contributed by atoms with E-state index in [1.165, 1.54) is 0 Å². The van der Waals surface area contributed by atoms with E-state index in [-0.39, 0.29) is 11.9 Å². The summed E-state index contributed by atoms with van der Waals surface area (Å²) in [5.74, 6) is -0.0868. The van der Waals surface area contributed by atoms with Gasteiger partial charge in [0.25, 0.3) is 5.91 Å². The van der Waals surface area contributed by atoms with Crippen LogP contribution in [0.3, 0.4) is 0 Å². The summed E-state index contributed by atoms with van der Waals surface area (Å²) in [5.41, 5.74) is 6.20. The van der Waals surface area contributed by atoms with Gasteiger partial charge in [-0.3, -0.25) is 14.5 Å². The maximum Gasteiger partial charge on any atom is 0.255 e. The van der Waals surface area contributed by atoms with Gasteiger partial charge in [0.05, 0.1) is 22.5 Å². The third kappa shape index (κ3) is 4.60.